The van der Waals surface area contributed by atoms with Crippen LogP contribution in [0.1, 0.15) is 38.4 Å². The van der Waals surface area contributed by atoms with Crippen molar-refractivity contribution in [1.82, 2.24) is 4.90 Å². The summed E-state index contributed by atoms with van der Waals surface area (Å²) >= 11 is 0. The van der Waals surface area contributed by atoms with Gasteiger partial charge in [-0.3, -0.25) is 14.9 Å². The lowest BCUT2D eigenvalue weighted by Crippen LogP contribution is -2.41. The van der Waals surface area contributed by atoms with Crippen molar-refractivity contribution in [2.24, 2.45) is 5.92 Å². The van der Waals surface area contributed by atoms with E-state index in [4.69, 9.17) is 9.15 Å². The van der Waals surface area contributed by atoms with Crippen molar-refractivity contribution < 1.29 is 23.7 Å². The van der Waals surface area contributed by atoms with Crippen LogP contribution < -0.4 is 0 Å². The Morgan fingerprint density at radius 1 is 1.36 bits per heavy atom. The van der Waals surface area contributed by atoms with Crippen molar-refractivity contribution in [3.05, 3.63) is 34.1 Å². The molecule has 0 aromatic carbocycles. The Hall–Kier alpha value is -2.64. The van der Waals surface area contributed by atoms with Gasteiger partial charge in [0.15, 0.2) is 6.61 Å². The second kappa shape index (κ2) is 8.46. The van der Waals surface area contributed by atoms with Gasteiger partial charge in [-0.1, -0.05) is 6.92 Å². The molecule has 1 aromatic rings. The molecule has 1 saturated carbocycles. The van der Waals surface area contributed by atoms with E-state index in [0.29, 0.717) is 5.92 Å². The number of carbonyl (C=O) groups excluding carboxylic acids is 2. The minimum Gasteiger partial charge on any atom is -0.452 e. The summed E-state index contributed by atoms with van der Waals surface area (Å²) in [4.78, 5) is 35.2. The number of amides is 1. The van der Waals surface area contributed by atoms with E-state index in [9.17, 15) is 19.7 Å². The fraction of sp³-hybridized carbons (Fsp3) is 0.529. The monoisotopic (exact) mass is 350 g/mol. The first kappa shape index (κ1) is 18.7. The van der Waals surface area contributed by atoms with E-state index < -0.39 is 16.8 Å². The van der Waals surface area contributed by atoms with Crippen LogP contribution in [0.15, 0.2) is 22.6 Å². The molecule has 1 aliphatic rings. The Bertz CT molecular complexity index is 658. The summed E-state index contributed by atoms with van der Waals surface area (Å²) < 4.78 is 9.80. The van der Waals surface area contributed by atoms with Gasteiger partial charge in [0.2, 0.25) is 0 Å². The molecule has 1 amide bonds. The number of likely N-dealkylation sites (N-methyl/N-ethyl adjacent to an activating group) is 1. The molecule has 1 aliphatic carbocycles. The van der Waals surface area contributed by atoms with Gasteiger partial charge in [-0.25, -0.2) is 4.79 Å². The lowest BCUT2D eigenvalue weighted by molar-refractivity contribution is -0.402. The van der Waals surface area contributed by atoms with E-state index in [1.165, 1.54) is 18.2 Å². The molecule has 0 radical (unpaired) electrons. The normalized spacial score (nSPS) is 20.4. The number of ether oxygens (including phenoxy) is 1. The standard InChI is InChI=1S/C17H22N2O6/c1-12-3-5-13(6-4-12)18(2)15(20)11-24-17(21)10-8-14-7-9-16(25-14)19(22)23/h7-10,12-13H,3-6,11H2,1-2H3/b10-8+. The maximum atomic E-state index is 12.1. The summed E-state index contributed by atoms with van der Waals surface area (Å²) in [5.74, 6) is -0.511. The number of furan rings is 1. The zero-order chi connectivity index (χ0) is 18.4. The van der Waals surface area contributed by atoms with Crippen LogP contribution in [0.3, 0.4) is 0 Å². The third kappa shape index (κ3) is 5.44. The fourth-order valence-electron chi connectivity index (χ4n) is 2.80. The van der Waals surface area contributed by atoms with Gasteiger partial charge in [-0.15, -0.1) is 0 Å². The van der Waals surface area contributed by atoms with Crippen LogP contribution in [0.4, 0.5) is 5.88 Å². The number of rotatable bonds is 6. The van der Waals surface area contributed by atoms with Crippen LogP contribution in [-0.2, 0) is 14.3 Å². The Labute approximate surface area is 145 Å². The summed E-state index contributed by atoms with van der Waals surface area (Å²) in [6, 6.07) is 2.75. The largest absolute Gasteiger partial charge is 0.452 e. The number of nitro groups is 1. The summed E-state index contributed by atoms with van der Waals surface area (Å²) in [5, 5.41) is 10.5. The van der Waals surface area contributed by atoms with Gasteiger partial charge in [-0.05, 0) is 43.7 Å². The van der Waals surface area contributed by atoms with Gasteiger partial charge in [0.25, 0.3) is 5.91 Å². The molecule has 0 bridgehead atoms. The van der Waals surface area contributed by atoms with Crippen LogP contribution in [0, 0.1) is 16.0 Å². The molecule has 1 aromatic heterocycles. The van der Waals surface area contributed by atoms with Crippen LogP contribution >= 0.6 is 0 Å². The SMILES string of the molecule is CC1CCC(N(C)C(=O)COC(=O)/C=C/c2ccc([N+](=O)[O-])o2)CC1. The van der Waals surface area contributed by atoms with E-state index in [0.717, 1.165) is 31.8 Å². The third-order valence-corrected chi connectivity index (χ3v) is 4.44. The third-order valence-electron chi connectivity index (χ3n) is 4.44. The quantitative estimate of drug-likeness (QED) is 0.338. The van der Waals surface area contributed by atoms with E-state index in [2.05, 4.69) is 6.92 Å². The topological polar surface area (TPSA) is 103 Å². The fourth-order valence-corrected chi connectivity index (χ4v) is 2.80. The highest BCUT2D eigenvalue weighted by atomic mass is 16.6. The van der Waals surface area contributed by atoms with Gasteiger partial charge in [0.1, 0.15) is 10.7 Å². The van der Waals surface area contributed by atoms with E-state index in [1.54, 1.807) is 11.9 Å². The number of hydrogen-bond acceptors (Lipinski definition) is 6. The molecular formula is C17H22N2O6. The number of carbonyl (C=O) groups is 2. The van der Waals surface area contributed by atoms with Crippen LogP contribution in [-0.4, -0.2) is 41.4 Å². The first-order chi connectivity index (χ1) is 11.9. The summed E-state index contributed by atoms with van der Waals surface area (Å²) in [6.45, 7) is 1.88. The molecule has 8 heteroatoms. The molecule has 0 aliphatic heterocycles. The molecule has 2 rings (SSSR count). The van der Waals surface area contributed by atoms with Gasteiger partial charge in [0.05, 0.1) is 6.07 Å². The van der Waals surface area contributed by atoms with Crippen LogP contribution in [0.5, 0.6) is 0 Å². The Morgan fingerprint density at radius 2 is 2.04 bits per heavy atom. The summed E-state index contributed by atoms with van der Waals surface area (Å²) in [7, 11) is 1.73. The van der Waals surface area contributed by atoms with Crippen molar-refractivity contribution >= 4 is 23.8 Å². The first-order valence-corrected chi connectivity index (χ1v) is 8.21. The molecule has 0 spiro atoms. The highest BCUT2D eigenvalue weighted by molar-refractivity contribution is 5.89. The second-order valence-electron chi connectivity index (χ2n) is 6.29. The van der Waals surface area contributed by atoms with E-state index in [-0.39, 0.29) is 24.3 Å². The average Bonchev–Trinajstić information content (AvgIpc) is 3.07. The minimum atomic E-state index is -0.710. The maximum Gasteiger partial charge on any atom is 0.433 e. The molecule has 25 heavy (non-hydrogen) atoms. The van der Waals surface area contributed by atoms with E-state index in [1.807, 2.05) is 0 Å². The lowest BCUT2D eigenvalue weighted by Gasteiger charge is -2.33. The van der Waals surface area contributed by atoms with Gasteiger partial charge in [0, 0.05) is 19.2 Å². The Kier molecular flexibility index (Phi) is 6.32. The van der Waals surface area contributed by atoms with Crippen molar-refractivity contribution in [1.29, 1.82) is 0 Å². The average molecular weight is 350 g/mol. The summed E-state index contributed by atoms with van der Waals surface area (Å²) in [6.07, 6.45) is 6.45. The molecule has 0 saturated heterocycles. The van der Waals surface area contributed by atoms with Crippen molar-refractivity contribution in [3.63, 3.8) is 0 Å². The zero-order valence-electron chi connectivity index (χ0n) is 14.3. The molecule has 136 valence electrons. The van der Waals surface area contributed by atoms with Gasteiger partial charge < -0.3 is 14.1 Å². The lowest BCUT2D eigenvalue weighted by atomic mass is 9.87. The Balaban J connectivity index is 1.77. The first-order valence-electron chi connectivity index (χ1n) is 8.21. The van der Waals surface area contributed by atoms with Gasteiger partial charge >= 0.3 is 11.9 Å². The smallest absolute Gasteiger partial charge is 0.433 e. The van der Waals surface area contributed by atoms with Crippen LogP contribution in [0.25, 0.3) is 6.08 Å². The highest BCUT2D eigenvalue weighted by Crippen LogP contribution is 2.26. The number of hydrogen-bond donors (Lipinski definition) is 0. The van der Waals surface area contributed by atoms with Crippen molar-refractivity contribution in [2.45, 2.75) is 38.6 Å². The molecule has 8 nitrogen and oxygen atoms in total. The Morgan fingerprint density at radius 3 is 2.64 bits per heavy atom. The van der Waals surface area contributed by atoms with Crippen LogP contribution in [0.2, 0.25) is 0 Å². The van der Waals surface area contributed by atoms with Gasteiger partial charge in [-0.2, -0.15) is 0 Å². The maximum absolute atomic E-state index is 12.1. The minimum absolute atomic E-state index is 0.156. The molecule has 0 atom stereocenters. The zero-order valence-corrected chi connectivity index (χ0v) is 14.3. The van der Waals surface area contributed by atoms with E-state index >= 15 is 0 Å². The second-order valence-corrected chi connectivity index (χ2v) is 6.29. The summed E-state index contributed by atoms with van der Waals surface area (Å²) in [5.41, 5.74) is 0. The highest BCUT2D eigenvalue weighted by Gasteiger charge is 2.25. The number of esters is 1. The predicted octanol–water partition coefficient (Wildman–Crippen LogP) is 2.78. The van der Waals surface area contributed by atoms with Crippen molar-refractivity contribution in [2.75, 3.05) is 13.7 Å². The molecule has 1 fully saturated rings. The molecule has 0 N–H and O–H groups in total. The molecule has 1 heterocycles. The number of nitrogens with zero attached hydrogens (tertiary/aromatic N) is 2. The predicted molar refractivity (Wildman–Crippen MR) is 89.5 cm³/mol. The molecule has 0 unspecified atom stereocenters. The molecular weight excluding hydrogens is 328 g/mol. The van der Waals surface area contributed by atoms with Crippen molar-refractivity contribution in [3.8, 4) is 0 Å².